The Morgan fingerprint density at radius 3 is 2.21 bits per heavy atom. The summed E-state index contributed by atoms with van der Waals surface area (Å²) in [5.41, 5.74) is 0.879. The van der Waals surface area contributed by atoms with Crippen molar-refractivity contribution in [3.05, 3.63) is 35.4 Å². The summed E-state index contributed by atoms with van der Waals surface area (Å²) in [5.74, 6) is -0.871. The number of rotatable bonds is 3. The first-order chi connectivity index (χ1) is 6.50. The second kappa shape index (κ2) is 3.80. The zero-order valence-electron chi connectivity index (χ0n) is 8.66. The van der Waals surface area contributed by atoms with E-state index < -0.39 is 11.5 Å². The largest absolute Gasteiger partial charge is 0.480 e. The van der Waals surface area contributed by atoms with Crippen LogP contribution in [0.3, 0.4) is 0 Å². The predicted octanol–water partition coefficient (Wildman–Crippen LogP) is 1.51. The molecule has 0 unspecified atom stereocenters. The number of carboxylic acid groups (broad SMARTS) is 1. The summed E-state index contributed by atoms with van der Waals surface area (Å²) in [6.07, 6.45) is 0. The van der Waals surface area contributed by atoms with Gasteiger partial charge in [0.25, 0.3) is 0 Å². The van der Waals surface area contributed by atoms with E-state index in [0.717, 1.165) is 11.1 Å². The number of carbonyl (C=O) groups is 1. The number of likely N-dealkylation sites (N-methyl/N-ethyl adjacent to an activating group) is 1. The molecule has 1 aromatic rings. The minimum Gasteiger partial charge on any atom is -0.480 e. The van der Waals surface area contributed by atoms with Crippen LogP contribution >= 0.6 is 0 Å². The number of carboxylic acids is 1. The molecule has 0 bridgehead atoms. The number of benzene rings is 1. The van der Waals surface area contributed by atoms with Gasteiger partial charge in [0, 0.05) is 0 Å². The minimum atomic E-state index is -1.01. The van der Waals surface area contributed by atoms with Crippen LogP contribution in [0.1, 0.15) is 18.1 Å². The lowest BCUT2D eigenvalue weighted by molar-refractivity contribution is -0.144. The highest BCUT2D eigenvalue weighted by Gasteiger charge is 2.32. The fourth-order valence-electron chi connectivity index (χ4n) is 1.26. The van der Waals surface area contributed by atoms with E-state index in [1.165, 1.54) is 0 Å². The molecule has 0 amide bonds. The lowest BCUT2D eigenvalue weighted by Gasteiger charge is -2.24. The molecule has 0 saturated heterocycles. The average molecular weight is 193 g/mol. The molecule has 76 valence electrons. The van der Waals surface area contributed by atoms with Crippen molar-refractivity contribution in [3.63, 3.8) is 0 Å². The number of hydrogen-bond donors (Lipinski definition) is 2. The van der Waals surface area contributed by atoms with Gasteiger partial charge in [0.2, 0.25) is 0 Å². The molecule has 2 N–H and O–H groups in total. The molecule has 0 heterocycles. The summed E-state index contributed by atoms with van der Waals surface area (Å²) in [6.45, 7) is 3.63. The number of hydrogen-bond acceptors (Lipinski definition) is 2. The second-order valence-corrected chi connectivity index (χ2v) is 3.55. The Hall–Kier alpha value is -1.35. The molecule has 1 aromatic carbocycles. The smallest absolute Gasteiger partial charge is 0.328 e. The Bertz CT molecular complexity index is 332. The van der Waals surface area contributed by atoms with Crippen LogP contribution in [-0.2, 0) is 10.3 Å². The van der Waals surface area contributed by atoms with Gasteiger partial charge in [-0.25, -0.2) is 4.79 Å². The van der Waals surface area contributed by atoms with Gasteiger partial charge >= 0.3 is 5.97 Å². The van der Waals surface area contributed by atoms with Crippen LogP contribution in [0.4, 0.5) is 0 Å². The lowest BCUT2D eigenvalue weighted by Crippen LogP contribution is -2.44. The third kappa shape index (κ3) is 1.77. The number of aliphatic carboxylic acids is 1. The summed E-state index contributed by atoms with van der Waals surface area (Å²) in [5, 5.41) is 11.9. The van der Waals surface area contributed by atoms with Crippen molar-refractivity contribution in [1.29, 1.82) is 0 Å². The van der Waals surface area contributed by atoms with E-state index in [4.69, 9.17) is 5.11 Å². The number of aryl methyl sites for hydroxylation is 1. The van der Waals surface area contributed by atoms with Crippen LogP contribution in [0.25, 0.3) is 0 Å². The second-order valence-electron chi connectivity index (χ2n) is 3.55. The zero-order chi connectivity index (χ0) is 10.8. The molecule has 0 radical (unpaired) electrons. The molecular weight excluding hydrogens is 178 g/mol. The summed E-state index contributed by atoms with van der Waals surface area (Å²) in [7, 11) is 1.65. The summed E-state index contributed by atoms with van der Waals surface area (Å²) < 4.78 is 0. The molecule has 3 nitrogen and oxygen atoms in total. The van der Waals surface area contributed by atoms with Gasteiger partial charge in [-0.2, -0.15) is 0 Å². The molecule has 0 aliphatic carbocycles. The van der Waals surface area contributed by atoms with Gasteiger partial charge in [0.15, 0.2) is 0 Å². The SMILES string of the molecule is CN[C@](C)(C(=O)O)c1ccc(C)cc1. The van der Waals surface area contributed by atoms with Crippen molar-refractivity contribution in [2.75, 3.05) is 7.05 Å². The Balaban J connectivity index is 3.13. The molecule has 0 spiro atoms. The van der Waals surface area contributed by atoms with Gasteiger partial charge < -0.3 is 10.4 Å². The highest BCUT2D eigenvalue weighted by Crippen LogP contribution is 2.20. The highest BCUT2D eigenvalue weighted by atomic mass is 16.4. The number of nitrogens with one attached hydrogen (secondary N) is 1. The summed E-state index contributed by atoms with van der Waals surface area (Å²) in [6, 6.07) is 7.49. The molecule has 14 heavy (non-hydrogen) atoms. The van der Waals surface area contributed by atoms with Crippen molar-refractivity contribution in [1.82, 2.24) is 5.32 Å². The third-order valence-electron chi connectivity index (χ3n) is 2.56. The Labute approximate surface area is 83.8 Å². The standard InChI is InChI=1S/C11H15NO2/c1-8-4-6-9(7-5-8)11(2,12-3)10(13)14/h4-7,12H,1-3H3,(H,13,14)/t11-/m0/s1. The van der Waals surface area contributed by atoms with Crippen molar-refractivity contribution < 1.29 is 9.90 Å². The molecule has 3 heteroatoms. The molecule has 0 aromatic heterocycles. The van der Waals surface area contributed by atoms with E-state index in [9.17, 15) is 4.79 Å². The van der Waals surface area contributed by atoms with Gasteiger partial charge in [-0.15, -0.1) is 0 Å². The van der Waals surface area contributed by atoms with E-state index in [1.54, 1.807) is 14.0 Å². The first kappa shape index (κ1) is 10.7. The lowest BCUT2D eigenvalue weighted by atomic mass is 9.92. The van der Waals surface area contributed by atoms with Crippen LogP contribution < -0.4 is 5.32 Å². The predicted molar refractivity (Wildman–Crippen MR) is 55.2 cm³/mol. The van der Waals surface area contributed by atoms with Gasteiger partial charge in [0.1, 0.15) is 5.54 Å². The molecule has 0 aliphatic heterocycles. The Morgan fingerprint density at radius 1 is 1.36 bits per heavy atom. The molecular formula is C11H15NO2. The first-order valence-electron chi connectivity index (χ1n) is 4.50. The van der Waals surface area contributed by atoms with Gasteiger partial charge in [-0.3, -0.25) is 0 Å². The van der Waals surface area contributed by atoms with Crippen LogP contribution in [-0.4, -0.2) is 18.1 Å². The maximum atomic E-state index is 11.1. The molecule has 0 aliphatic rings. The van der Waals surface area contributed by atoms with E-state index in [1.807, 2.05) is 31.2 Å². The van der Waals surface area contributed by atoms with Crippen LogP contribution in [0.5, 0.6) is 0 Å². The molecule has 0 saturated carbocycles. The van der Waals surface area contributed by atoms with Crippen molar-refractivity contribution in [3.8, 4) is 0 Å². The normalized spacial score (nSPS) is 14.8. The van der Waals surface area contributed by atoms with E-state index in [0.29, 0.717) is 0 Å². The van der Waals surface area contributed by atoms with Crippen LogP contribution in [0.15, 0.2) is 24.3 Å². The van der Waals surface area contributed by atoms with Crippen LogP contribution in [0, 0.1) is 6.92 Å². The van der Waals surface area contributed by atoms with Gasteiger partial charge in [-0.1, -0.05) is 29.8 Å². The first-order valence-corrected chi connectivity index (χ1v) is 4.50. The Morgan fingerprint density at radius 2 is 1.86 bits per heavy atom. The topological polar surface area (TPSA) is 49.3 Å². The molecule has 1 atom stereocenters. The van der Waals surface area contributed by atoms with Crippen molar-refractivity contribution in [2.45, 2.75) is 19.4 Å². The van der Waals surface area contributed by atoms with E-state index in [2.05, 4.69) is 5.32 Å². The zero-order valence-corrected chi connectivity index (χ0v) is 8.66. The highest BCUT2D eigenvalue weighted by molar-refractivity contribution is 5.80. The van der Waals surface area contributed by atoms with Crippen molar-refractivity contribution >= 4 is 5.97 Å². The molecule has 1 rings (SSSR count). The summed E-state index contributed by atoms with van der Waals surface area (Å²) in [4.78, 5) is 11.1. The maximum Gasteiger partial charge on any atom is 0.328 e. The van der Waals surface area contributed by atoms with Crippen LogP contribution in [0.2, 0.25) is 0 Å². The van der Waals surface area contributed by atoms with Crippen molar-refractivity contribution in [2.24, 2.45) is 0 Å². The summed E-state index contributed by atoms with van der Waals surface area (Å²) >= 11 is 0. The molecule has 0 fully saturated rings. The Kier molecular flexibility index (Phi) is 2.91. The van der Waals surface area contributed by atoms with E-state index in [-0.39, 0.29) is 0 Å². The maximum absolute atomic E-state index is 11.1. The quantitative estimate of drug-likeness (QED) is 0.765. The fraction of sp³-hybridized carbons (Fsp3) is 0.364. The van der Waals surface area contributed by atoms with Gasteiger partial charge in [-0.05, 0) is 26.5 Å². The monoisotopic (exact) mass is 193 g/mol. The van der Waals surface area contributed by atoms with E-state index >= 15 is 0 Å². The van der Waals surface area contributed by atoms with Gasteiger partial charge in [0.05, 0.1) is 0 Å². The average Bonchev–Trinajstić information content (AvgIpc) is 2.17. The third-order valence-corrected chi connectivity index (χ3v) is 2.56. The minimum absolute atomic E-state index is 0.762. The fourth-order valence-corrected chi connectivity index (χ4v) is 1.26.